The van der Waals surface area contributed by atoms with Crippen LogP contribution in [0.15, 0.2) is 146 Å². The Bertz CT molecular complexity index is 2720. The Morgan fingerprint density at radius 3 is 0.714 bits per heavy atom. The molecule has 70 heavy (non-hydrogen) atoms. The average molecular weight is 945 g/mol. The fourth-order valence-electron chi connectivity index (χ4n) is 7.90. The fraction of sp³-hybridized carbons (Fsp3) is 0.263. The predicted octanol–water partition coefficient (Wildman–Crippen LogP) is 10.8. The van der Waals surface area contributed by atoms with Crippen LogP contribution in [-0.2, 0) is 14.2 Å². The maximum absolute atomic E-state index is 12.8. The number of carbonyl (C=O) groups excluding carboxylic acids is 6. The van der Waals surface area contributed by atoms with E-state index in [1.807, 2.05) is 84.9 Å². The van der Waals surface area contributed by atoms with Gasteiger partial charge in [-0.25, -0.2) is 14.4 Å². The van der Waals surface area contributed by atoms with Gasteiger partial charge in [0.2, 0.25) is 0 Å². The van der Waals surface area contributed by atoms with E-state index in [9.17, 15) is 28.8 Å². The van der Waals surface area contributed by atoms with E-state index < -0.39 is 17.9 Å². The molecule has 0 atom stereocenters. The molecule has 6 aromatic rings. The van der Waals surface area contributed by atoms with Crippen LogP contribution in [-0.4, -0.2) is 94.3 Å². The number of Topliss-reactive ketones (excluding diaryl/α,β-unsaturated/α-hetero) is 3. The van der Waals surface area contributed by atoms with E-state index in [0.717, 1.165) is 34.1 Å². The molecule has 0 spiro atoms. The molecule has 0 saturated carbocycles. The van der Waals surface area contributed by atoms with Crippen LogP contribution in [0.2, 0.25) is 0 Å². The van der Waals surface area contributed by atoms with Crippen LogP contribution in [0, 0.1) is 0 Å². The molecule has 6 aromatic carbocycles. The van der Waals surface area contributed by atoms with Crippen LogP contribution < -0.4 is 19.6 Å². The summed E-state index contributed by atoms with van der Waals surface area (Å²) in [6, 6.07) is 44.2. The third kappa shape index (κ3) is 13.6. The maximum Gasteiger partial charge on any atom is 0.338 e. The fourth-order valence-corrected chi connectivity index (χ4v) is 7.90. The molecule has 13 heteroatoms. The van der Waals surface area contributed by atoms with Crippen molar-refractivity contribution < 1.29 is 43.0 Å². The molecule has 0 amide bonds. The molecule has 0 aliphatic carbocycles. The van der Waals surface area contributed by atoms with Crippen molar-refractivity contribution in [3.8, 4) is 0 Å². The first-order chi connectivity index (χ1) is 33.8. The van der Waals surface area contributed by atoms with Crippen molar-refractivity contribution >= 4 is 69.4 Å². The lowest BCUT2D eigenvalue weighted by atomic mass is 10.1. The Morgan fingerprint density at radius 2 is 0.500 bits per heavy atom. The lowest BCUT2D eigenvalue weighted by molar-refractivity contribution is 0.0517. The van der Waals surface area contributed by atoms with Gasteiger partial charge in [-0.15, -0.1) is 0 Å². The van der Waals surface area contributed by atoms with Gasteiger partial charge in [-0.05, 0) is 187 Å². The molecule has 0 heterocycles. The molecule has 0 aliphatic rings. The second-order valence-corrected chi connectivity index (χ2v) is 16.4. The molecule has 0 radical (unpaired) electrons. The number of anilines is 6. The van der Waals surface area contributed by atoms with Gasteiger partial charge in [0.15, 0.2) is 17.3 Å². The highest BCUT2D eigenvalue weighted by Crippen LogP contribution is 2.30. The lowest BCUT2D eigenvalue weighted by Crippen LogP contribution is -2.41. The summed E-state index contributed by atoms with van der Waals surface area (Å²) in [6.07, 6.45) is 0. The number of carbonyl (C=O) groups is 6. The van der Waals surface area contributed by atoms with Gasteiger partial charge in [-0.2, -0.15) is 0 Å². The third-order valence-electron chi connectivity index (χ3n) is 11.8. The van der Waals surface area contributed by atoms with Gasteiger partial charge in [0.25, 0.3) is 0 Å². The van der Waals surface area contributed by atoms with Crippen molar-refractivity contribution in [2.75, 3.05) is 78.7 Å². The summed E-state index contributed by atoms with van der Waals surface area (Å²) >= 11 is 0. The number of nitrogens with zero attached hydrogens (tertiary/aromatic N) is 4. The van der Waals surface area contributed by atoms with Gasteiger partial charge >= 0.3 is 17.9 Å². The van der Waals surface area contributed by atoms with E-state index in [0.29, 0.717) is 72.6 Å². The third-order valence-corrected chi connectivity index (χ3v) is 11.8. The highest BCUT2D eigenvalue weighted by molar-refractivity contribution is 5.96. The first kappa shape index (κ1) is 51.3. The summed E-state index contributed by atoms with van der Waals surface area (Å²) < 4.78 is 15.8. The number of hydrogen-bond acceptors (Lipinski definition) is 13. The van der Waals surface area contributed by atoms with Crippen LogP contribution in [0.4, 0.5) is 34.1 Å². The largest absolute Gasteiger partial charge is 0.462 e. The number of ether oxygens (including phenoxy) is 3. The van der Waals surface area contributed by atoms with Gasteiger partial charge in [-0.3, -0.25) is 14.4 Å². The van der Waals surface area contributed by atoms with Gasteiger partial charge in [-0.1, -0.05) is 0 Å². The minimum absolute atomic E-state index is 0.0435. The zero-order chi connectivity index (χ0) is 50.2. The van der Waals surface area contributed by atoms with Gasteiger partial charge in [0, 0.05) is 90.1 Å². The van der Waals surface area contributed by atoms with Crippen molar-refractivity contribution in [2.45, 2.75) is 41.5 Å². The molecule has 0 N–H and O–H groups in total. The van der Waals surface area contributed by atoms with Crippen molar-refractivity contribution in [1.29, 1.82) is 0 Å². The topological polar surface area (TPSA) is 143 Å². The number of esters is 3. The van der Waals surface area contributed by atoms with E-state index >= 15 is 0 Å². The smallest absolute Gasteiger partial charge is 0.338 e. The first-order valence-corrected chi connectivity index (χ1v) is 23.5. The van der Waals surface area contributed by atoms with Crippen molar-refractivity contribution in [3.63, 3.8) is 0 Å². The van der Waals surface area contributed by atoms with Crippen LogP contribution in [0.5, 0.6) is 0 Å². The lowest BCUT2D eigenvalue weighted by Gasteiger charge is -2.34. The predicted molar refractivity (Wildman–Crippen MR) is 275 cm³/mol. The number of rotatable bonds is 24. The normalized spacial score (nSPS) is 10.7. The number of hydrogen-bond donors (Lipinski definition) is 0. The number of ketones is 3. The van der Waals surface area contributed by atoms with Crippen LogP contribution in [0.3, 0.4) is 0 Å². The molecule has 0 unspecified atom stereocenters. The van der Waals surface area contributed by atoms with Crippen molar-refractivity contribution in [3.05, 3.63) is 179 Å². The monoisotopic (exact) mass is 944 g/mol. The molecule has 13 nitrogen and oxygen atoms in total. The summed E-state index contributed by atoms with van der Waals surface area (Å²) in [5.74, 6) is -1.37. The summed E-state index contributed by atoms with van der Waals surface area (Å²) in [4.78, 5) is 83.7. The first-order valence-electron chi connectivity index (χ1n) is 23.5. The van der Waals surface area contributed by atoms with E-state index in [2.05, 4.69) is 19.6 Å². The zero-order valence-corrected chi connectivity index (χ0v) is 40.7. The van der Waals surface area contributed by atoms with Crippen LogP contribution in [0.25, 0.3) is 0 Å². The quantitative estimate of drug-likeness (QED) is 0.0323. The second-order valence-electron chi connectivity index (χ2n) is 16.4. The summed E-state index contributed by atoms with van der Waals surface area (Å²) in [7, 11) is 0. The van der Waals surface area contributed by atoms with Crippen molar-refractivity contribution in [1.82, 2.24) is 0 Å². The van der Waals surface area contributed by atoms with E-state index in [1.165, 1.54) is 20.8 Å². The Labute approximate surface area is 410 Å². The molecule has 0 fully saturated rings. The molecular weight excluding hydrogens is 885 g/mol. The SMILES string of the molecule is CCOC(=O)c1ccc(N(CCN(CCN(c2ccc(C(C)=O)cc2)c2ccc(C(=O)OCC)cc2)c2ccc(C(C)=O)cc2)CCN(c2ccc(C(C)=O)cc2)c2ccc(C(=O)OCC)cc2)cc1. The Morgan fingerprint density at radius 1 is 0.300 bits per heavy atom. The van der Waals surface area contributed by atoms with Gasteiger partial charge < -0.3 is 33.8 Å². The average Bonchev–Trinajstić information content (AvgIpc) is 3.37. The van der Waals surface area contributed by atoms with E-state index in [1.54, 1.807) is 81.4 Å². The minimum atomic E-state index is -0.414. The summed E-state index contributed by atoms with van der Waals surface area (Å²) in [6.45, 7) is 13.6. The molecule has 0 aliphatic heterocycles. The van der Waals surface area contributed by atoms with Crippen LogP contribution >= 0.6 is 0 Å². The van der Waals surface area contributed by atoms with Gasteiger partial charge in [0.05, 0.1) is 36.5 Å². The maximum atomic E-state index is 12.8. The highest BCUT2D eigenvalue weighted by atomic mass is 16.5. The molecule has 0 saturated heterocycles. The zero-order valence-electron chi connectivity index (χ0n) is 40.7. The minimum Gasteiger partial charge on any atom is -0.462 e. The second kappa shape index (κ2) is 24.8. The van der Waals surface area contributed by atoms with Gasteiger partial charge in [0.1, 0.15) is 0 Å². The molecular formula is C57H60N4O9. The molecule has 6 rings (SSSR count). The van der Waals surface area contributed by atoms with E-state index in [4.69, 9.17) is 14.2 Å². The highest BCUT2D eigenvalue weighted by Gasteiger charge is 2.20. The molecule has 0 aromatic heterocycles. The Balaban J connectivity index is 1.35. The standard InChI is InChI=1S/C57H60N4O9/c1-7-68-55(65)46-16-24-50(25-17-46)59(37-39-61(52-28-14-45(15-29-52)42(6)64)54-32-20-48(21-33-54)57(67)70-9-3)35-34-58(49-22-10-43(11-23-49)40(4)62)36-38-60(51-26-12-44(13-27-51)41(5)63)53-30-18-47(19-31-53)56(66)69-8-2/h10-33H,7-9,34-39H2,1-6H3. The Kier molecular flexibility index (Phi) is 18.2. The number of benzene rings is 6. The molecule has 362 valence electrons. The molecule has 0 bridgehead atoms. The summed E-state index contributed by atoms with van der Waals surface area (Å²) in [5, 5.41) is 0. The Hall–Kier alpha value is -8.06. The van der Waals surface area contributed by atoms with E-state index in [-0.39, 0.29) is 37.2 Å². The van der Waals surface area contributed by atoms with Crippen molar-refractivity contribution in [2.24, 2.45) is 0 Å². The van der Waals surface area contributed by atoms with Crippen LogP contribution in [0.1, 0.15) is 104 Å². The summed E-state index contributed by atoms with van der Waals surface area (Å²) in [5.41, 5.74) is 8.13.